The van der Waals surface area contributed by atoms with Crippen molar-refractivity contribution in [2.45, 2.75) is 19.0 Å². The number of pyridine rings is 1. The van der Waals surface area contributed by atoms with E-state index in [4.69, 9.17) is 0 Å². The average molecular weight is 299 g/mol. The zero-order valence-corrected chi connectivity index (χ0v) is 10.4. The molecule has 112 valence electrons. The van der Waals surface area contributed by atoms with Crippen LogP contribution in [0.2, 0.25) is 0 Å². The number of rotatable bonds is 4. The summed E-state index contributed by atoms with van der Waals surface area (Å²) in [6, 6.07) is 0.690. The van der Waals surface area contributed by atoms with Crippen LogP contribution in [0, 0.1) is 0 Å². The minimum absolute atomic E-state index is 0.472. The van der Waals surface area contributed by atoms with Crippen LogP contribution in [0.15, 0.2) is 6.07 Å². The fraction of sp³-hybridized carbons (Fsp3) is 0.455. The highest BCUT2D eigenvalue weighted by molar-refractivity contribution is 5.72. The van der Waals surface area contributed by atoms with Gasteiger partial charge in [0.2, 0.25) is 0 Å². The fourth-order valence-electron chi connectivity index (χ4n) is 1.49. The Morgan fingerprint density at radius 2 is 1.95 bits per heavy atom. The zero-order valence-electron chi connectivity index (χ0n) is 10.4. The largest absolute Gasteiger partial charge is 0.494 e. The maximum atomic E-state index is 12.8. The van der Waals surface area contributed by atoms with Gasteiger partial charge in [-0.2, -0.15) is 13.2 Å². The molecule has 0 saturated carbocycles. The number of hydrogen-bond acceptors (Lipinski definition) is 4. The molecule has 0 saturated heterocycles. The number of alkyl halides is 5. The van der Waals surface area contributed by atoms with Gasteiger partial charge in [-0.1, -0.05) is 0 Å². The SMILES string of the molecule is COC(=O)Cc1cc(C(F)F)c(OC)c(C(F)(F)F)n1. The lowest BCUT2D eigenvalue weighted by Crippen LogP contribution is -2.16. The Morgan fingerprint density at radius 3 is 2.35 bits per heavy atom. The van der Waals surface area contributed by atoms with Crippen molar-refractivity contribution in [2.24, 2.45) is 0 Å². The minimum atomic E-state index is -4.99. The molecule has 0 amide bonds. The summed E-state index contributed by atoms with van der Waals surface area (Å²) in [4.78, 5) is 14.2. The van der Waals surface area contributed by atoms with Crippen molar-refractivity contribution in [3.63, 3.8) is 0 Å². The molecule has 20 heavy (non-hydrogen) atoms. The molecule has 0 aromatic carbocycles. The van der Waals surface area contributed by atoms with Gasteiger partial charge in [-0.15, -0.1) is 0 Å². The van der Waals surface area contributed by atoms with E-state index in [1.165, 1.54) is 0 Å². The van der Waals surface area contributed by atoms with Crippen LogP contribution in [0.5, 0.6) is 5.75 Å². The maximum absolute atomic E-state index is 12.8. The maximum Gasteiger partial charge on any atom is 0.437 e. The predicted octanol–water partition coefficient (Wildman–Crippen LogP) is 2.76. The molecule has 0 fully saturated rings. The van der Waals surface area contributed by atoms with Crippen LogP contribution in [-0.2, 0) is 22.1 Å². The molecular formula is C11H10F5NO3. The van der Waals surface area contributed by atoms with Gasteiger partial charge in [-0.25, -0.2) is 13.8 Å². The molecule has 0 radical (unpaired) electrons. The molecule has 1 rings (SSSR count). The lowest BCUT2D eigenvalue weighted by atomic mass is 10.1. The van der Waals surface area contributed by atoms with E-state index in [2.05, 4.69) is 14.5 Å². The van der Waals surface area contributed by atoms with Gasteiger partial charge < -0.3 is 9.47 Å². The number of aromatic nitrogens is 1. The smallest absolute Gasteiger partial charge is 0.437 e. The molecule has 9 heteroatoms. The third-order valence-electron chi connectivity index (χ3n) is 2.32. The molecule has 1 aromatic rings. The van der Waals surface area contributed by atoms with Crippen LogP contribution in [0.1, 0.15) is 23.4 Å². The quantitative estimate of drug-likeness (QED) is 0.633. The van der Waals surface area contributed by atoms with Gasteiger partial charge in [0, 0.05) is 0 Å². The van der Waals surface area contributed by atoms with E-state index in [-0.39, 0.29) is 0 Å². The van der Waals surface area contributed by atoms with Crippen molar-refractivity contribution >= 4 is 5.97 Å². The summed E-state index contributed by atoms with van der Waals surface area (Å²) in [5.41, 5.74) is -3.05. The third-order valence-corrected chi connectivity index (χ3v) is 2.32. The highest BCUT2D eigenvalue weighted by Gasteiger charge is 2.39. The first-order valence-corrected chi connectivity index (χ1v) is 5.20. The molecule has 0 aliphatic rings. The molecular weight excluding hydrogens is 289 g/mol. The molecule has 0 unspecified atom stereocenters. The van der Waals surface area contributed by atoms with E-state index < -0.39 is 47.7 Å². The Hall–Kier alpha value is -1.93. The van der Waals surface area contributed by atoms with Gasteiger partial charge in [0.1, 0.15) is 0 Å². The highest BCUT2D eigenvalue weighted by Crippen LogP contribution is 2.40. The summed E-state index contributed by atoms with van der Waals surface area (Å²) < 4.78 is 72.5. The average Bonchev–Trinajstić information content (AvgIpc) is 2.36. The third kappa shape index (κ3) is 3.55. The molecule has 0 N–H and O–H groups in total. The van der Waals surface area contributed by atoms with Crippen molar-refractivity contribution < 1.29 is 36.2 Å². The summed E-state index contributed by atoms with van der Waals surface area (Å²) in [5.74, 6) is -1.95. The Kier molecular flexibility index (Phi) is 4.85. The second-order valence-electron chi connectivity index (χ2n) is 3.64. The highest BCUT2D eigenvalue weighted by atomic mass is 19.4. The van der Waals surface area contributed by atoms with Crippen LogP contribution < -0.4 is 4.74 Å². The summed E-state index contributed by atoms with van der Waals surface area (Å²) in [6.07, 6.45) is -8.84. The van der Waals surface area contributed by atoms with Gasteiger partial charge in [0.15, 0.2) is 11.4 Å². The van der Waals surface area contributed by atoms with Crippen LogP contribution in [0.25, 0.3) is 0 Å². The van der Waals surface area contributed by atoms with Crippen molar-refractivity contribution in [1.29, 1.82) is 0 Å². The Morgan fingerprint density at radius 1 is 1.35 bits per heavy atom. The van der Waals surface area contributed by atoms with E-state index in [1.807, 2.05) is 0 Å². The zero-order chi connectivity index (χ0) is 15.5. The lowest BCUT2D eigenvalue weighted by Gasteiger charge is -2.16. The van der Waals surface area contributed by atoms with E-state index >= 15 is 0 Å². The summed E-state index contributed by atoms with van der Waals surface area (Å²) in [7, 11) is 1.85. The van der Waals surface area contributed by atoms with Crippen LogP contribution in [0.3, 0.4) is 0 Å². The molecule has 1 aromatic heterocycles. The molecule has 4 nitrogen and oxygen atoms in total. The molecule has 0 aliphatic carbocycles. The van der Waals surface area contributed by atoms with E-state index in [0.29, 0.717) is 6.07 Å². The van der Waals surface area contributed by atoms with Gasteiger partial charge in [0.05, 0.1) is 31.9 Å². The second kappa shape index (κ2) is 6.02. The van der Waals surface area contributed by atoms with E-state index in [1.54, 1.807) is 0 Å². The number of hydrogen-bond donors (Lipinski definition) is 0. The van der Waals surface area contributed by atoms with Crippen LogP contribution in [0.4, 0.5) is 22.0 Å². The topological polar surface area (TPSA) is 48.4 Å². The lowest BCUT2D eigenvalue weighted by molar-refractivity contribution is -0.144. The van der Waals surface area contributed by atoms with Crippen LogP contribution in [-0.4, -0.2) is 25.2 Å². The molecule has 0 bridgehead atoms. The van der Waals surface area contributed by atoms with E-state index in [9.17, 15) is 26.7 Å². The number of methoxy groups -OCH3 is 2. The fourth-order valence-corrected chi connectivity index (χ4v) is 1.49. The molecule has 1 heterocycles. The van der Waals surface area contributed by atoms with Crippen molar-refractivity contribution in [3.05, 3.63) is 23.0 Å². The Labute approximate surface area is 110 Å². The number of nitrogens with zero attached hydrogens (tertiary/aromatic N) is 1. The number of carbonyl (C=O) groups is 1. The predicted molar refractivity (Wildman–Crippen MR) is 56.5 cm³/mol. The number of carbonyl (C=O) groups excluding carboxylic acids is 1. The first-order valence-electron chi connectivity index (χ1n) is 5.20. The van der Waals surface area contributed by atoms with Crippen LogP contribution >= 0.6 is 0 Å². The normalized spacial score (nSPS) is 11.6. The number of esters is 1. The Balaban J connectivity index is 3.44. The summed E-state index contributed by atoms with van der Waals surface area (Å²) in [5, 5.41) is 0. The first-order chi connectivity index (χ1) is 9.20. The van der Waals surface area contributed by atoms with Crippen molar-refractivity contribution in [1.82, 2.24) is 4.98 Å². The Bertz CT molecular complexity index is 502. The second-order valence-corrected chi connectivity index (χ2v) is 3.64. The van der Waals surface area contributed by atoms with Gasteiger partial charge in [-0.05, 0) is 6.07 Å². The van der Waals surface area contributed by atoms with Gasteiger partial charge >= 0.3 is 12.1 Å². The standard InChI is InChI=1S/C11H10F5NO3/c1-19-7(18)4-5-3-6(10(12)13)8(20-2)9(17-5)11(14,15)16/h3,10H,4H2,1-2H3. The molecule has 0 atom stereocenters. The molecule has 0 aliphatic heterocycles. The summed E-state index contributed by atoms with van der Waals surface area (Å²) in [6.45, 7) is 0. The number of halogens is 5. The van der Waals surface area contributed by atoms with Crippen molar-refractivity contribution in [3.8, 4) is 5.75 Å². The first kappa shape index (κ1) is 16.1. The molecule has 0 spiro atoms. The van der Waals surface area contributed by atoms with Gasteiger partial charge in [-0.3, -0.25) is 4.79 Å². The van der Waals surface area contributed by atoms with Crippen molar-refractivity contribution in [2.75, 3.05) is 14.2 Å². The van der Waals surface area contributed by atoms with Gasteiger partial charge in [0.25, 0.3) is 6.43 Å². The number of ether oxygens (including phenoxy) is 2. The van der Waals surface area contributed by atoms with E-state index in [0.717, 1.165) is 14.2 Å². The monoisotopic (exact) mass is 299 g/mol. The summed E-state index contributed by atoms with van der Waals surface area (Å²) >= 11 is 0. The minimum Gasteiger partial charge on any atom is -0.494 e.